The smallest absolute Gasteiger partial charge is 0.321 e. The summed E-state index contributed by atoms with van der Waals surface area (Å²) < 4.78 is 5.55. The van der Waals surface area contributed by atoms with Crippen LogP contribution >= 0.6 is 11.6 Å². The molecule has 0 bridgehead atoms. The number of nitrogens with one attached hydrogen (secondary N) is 1. The molecule has 0 aromatic heterocycles. The third-order valence-electron chi connectivity index (χ3n) is 2.90. The van der Waals surface area contributed by atoms with Crippen LogP contribution in [0.4, 0.5) is 10.5 Å². The van der Waals surface area contributed by atoms with Gasteiger partial charge in [0.05, 0.1) is 17.3 Å². The molecule has 1 N–H and O–H groups in total. The number of hydrogen-bond donors (Lipinski definition) is 1. The predicted octanol–water partition coefficient (Wildman–Crippen LogP) is 3.88. The number of amides is 2. The molecule has 0 unspecified atom stereocenters. The molecular weight excluding hydrogens is 288 g/mol. The first-order valence-electron chi connectivity index (χ1n) is 6.61. The summed E-state index contributed by atoms with van der Waals surface area (Å²) in [7, 11) is 1.71. The molecule has 2 aromatic carbocycles. The Hall–Kier alpha value is -2.20. The van der Waals surface area contributed by atoms with Crippen LogP contribution < -0.4 is 10.1 Å². The maximum absolute atomic E-state index is 12.0. The number of para-hydroxylation sites is 2. The molecule has 2 amide bonds. The van der Waals surface area contributed by atoms with Crippen molar-refractivity contribution in [3.05, 3.63) is 59.6 Å². The minimum atomic E-state index is -0.222. The van der Waals surface area contributed by atoms with Crippen molar-refractivity contribution in [2.75, 3.05) is 25.5 Å². The van der Waals surface area contributed by atoms with Crippen LogP contribution in [-0.2, 0) is 0 Å². The van der Waals surface area contributed by atoms with Crippen LogP contribution in [0.25, 0.3) is 0 Å². The molecule has 0 saturated carbocycles. The normalized spacial score (nSPS) is 10.0. The Morgan fingerprint density at radius 1 is 1.14 bits per heavy atom. The van der Waals surface area contributed by atoms with Gasteiger partial charge < -0.3 is 15.0 Å². The van der Waals surface area contributed by atoms with Crippen LogP contribution in [0.1, 0.15) is 0 Å². The Labute approximate surface area is 129 Å². The van der Waals surface area contributed by atoms with Crippen molar-refractivity contribution in [3.8, 4) is 5.75 Å². The summed E-state index contributed by atoms with van der Waals surface area (Å²) in [6.07, 6.45) is 0. The summed E-state index contributed by atoms with van der Waals surface area (Å²) >= 11 is 6.00. The minimum absolute atomic E-state index is 0.222. The summed E-state index contributed by atoms with van der Waals surface area (Å²) in [4.78, 5) is 13.6. The van der Waals surface area contributed by atoms with E-state index < -0.39 is 0 Å². The maximum Gasteiger partial charge on any atom is 0.321 e. The van der Waals surface area contributed by atoms with E-state index in [1.54, 1.807) is 24.1 Å². The SMILES string of the molecule is CN(CCOc1ccccc1)C(=O)Nc1ccccc1Cl. The van der Waals surface area contributed by atoms with Crippen molar-refractivity contribution >= 4 is 23.3 Å². The highest BCUT2D eigenvalue weighted by atomic mass is 35.5. The molecule has 5 heteroatoms. The number of halogens is 1. The Bertz CT molecular complexity index is 590. The Kier molecular flexibility index (Phi) is 5.46. The van der Waals surface area contributed by atoms with E-state index in [1.807, 2.05) is 42.5 Å². The van der Waals surface area contributed by atoms with Crippen molar-refractivity contribution in [2.24, 2.45) is 0 Å². The van der Waals surface area contributed by atoms with Crippen LogP contribution in [-0.4, -0.2) is 31.1 Å². The second-order valence-electron chi connectivity index (χ2n) is 4.49. The quantitative estimate of drug-likeness (QED) is 0.910. The van der Waals surface area contributed by atoms with Crippen LogP contribution in [0.3, 0.4) is 0 Å². The molecule has 0 fully saturated rings. The molecule has 2 rings (SSSR count). The van der Waals surface area contributed by atoms with Crippen LogP contribution in [0.5, 0.6) is 5.75 Å². The maximum atomic E-state index is 12.0. The molecule has 110 valence electrons. The second kappa shape index (κ2) is 7.55. The number of hydrogen-bond acceptors (Lipinski definition) is 2. The van der Waals surface area contributed by atoms with E-state index in [-0.39, 0.29) is 6.03 Å². The first-order valence-corrected chi connectivity index (χ1v) is 6.99. The number of carbonyl (C=O) groups excluding carboxylic acids is 1. The number of benzene rings is 2. The first-order chi connectivity index (χ1) is 10.2. The highest BCUT2D eigenvalue weighted by Gasteiger charge is 2.10. The predicted molar refractivity (Wildman–Crippen MR) is 85.0 cm³/mol. The third kappa shape index (κ3) is 4.68. The molecule has 4 nitrogen and oxygen atoms in total. The van der Waals surface area contributed by atoms with Crippen molar-refractivity contribution in [2.45, 2.75) is 0 Å². The zero-order valence-corrected chi connectivity index (χ0v) is 12.5. The van der Waals surface area contributed by atoms with Crippen molar-refractivity contribution in [3.63, 3.8) is 0 Å². The Morgan fingerprint density at radius 2 is 1.81 bits per heavy atom. The van der Waals surface area contributed by atoms with Crippen molar-refractivity contribution in [1.29, 1.82) is 0 Å². The first kappa shape index (κ1) is 15.2. The van der Waals surface area contributed by atoms with Gasteiger partial charge in [-0.1, -0.05) is 41.9 Å². The largest absolute Gasteiger partial charge is 0.492 e. The number of anilines is 1. The van der Waals surface area contributed by atoms with Gasteiger partial charge in [-0.15, -0.1) is 0 Å². The van der Waals surface area contributed by atoms with Gasteiger partial charge in [0, 0.05) is 7.05 Å². The molecule has 2 aromatic rings. The summed E-state index contributed by atoms with van der Waals surface area (Å²) in [5, 5.41) is 3.27. The fourth-order valence-electron chi connectivity index (χ4n) is 1.69. The number of ether oxygens (including phenoxy) is 1. The molecule has 0 aliphatic carbocycles. The number of urea groups is 1. The molecule has 21 heavy (non-hydrogen) atoms. The summed E-state index contributed by atoms with van der Waals surface area (Å²) in [5.74, 6) is 0.789. The van der Waals surface area contributed by atoms with Gasteiger partial charge in [0.25, 0.3) is 0 Å². The molecule has 0 aliphatic rings. The van der Waals surface area contributed by atoms with Gasteiger partial charge in [-0.25, -0.2) is 4.79 Å². The molecular formula is C16H17ClN2O2. The number of nitrogens with zero attached hydrogens (tertiary/aromatic N) is 1. The van der Waals surface area contributed by atoms with Crippen molar-refractivity contribution in [1.82, 2.24) is 4.90 Å². The van der Waals surface area contributed by atoms with Gasteiger partial charge >= 0.3 is 6.03 Å². The molecule has 0 radical (unpaired) electrons. The lowest BCUT2D eigenvalue weighted by Gasteiger charge is -2.18. The minimum Gasteiger partial charge on any atom is -0.492 e. The second-order valence-corrected chi connectivity index (χ2v) is 4.90. The molecule has 0 heterocycles. The van der Waals surface area contributed by atoms with E-state index in [0.717, 1.165) is 5.75 Å². The van der Waals surface area contributed by atoms with Gasteiger partial charge in [0.15, 0.2) is 0 Å². The Balaban J connectivity index is 1.79. The van der Waals surface area contributed by atoms with Gasteiger partial charge in [-0.3, -0.25) is 0 Å². The third-order valence-corrected chi connectivity index (χ3v) is 3.23. The highest BCUT2D eigenvalue weighted by molar-refractivity contribution is 6.33. The summed E-state index contributed by atoms with van der Waals surface area (Å²) in [6.45, 7) is 0.904. The van der Waals surface area contributed by atoms with Crippen LogP contribution in [0.2, 0.25) is 5.02 Å². The van der Waals surface area contributed by atoms with Crippen molar-refractivity contribution < 1.29 is 9.53 Å². The van der Waals surface area contributed by atoms with E-state index in [9.17, 15) is 4.79 Å². The lowest BCUT2D eigenvalue weighted by atomic mass is 10.3. The molecule has 0 aliphatic heterocycles. The fraction of sp³-hybridized carbons (Fsp3) is 0.188. The van der Waals surface area contributed by atoms with Crippen LogP contribution in [0, 0.1) is 0 Å². The molecule has 0 spiro atoms. The van der Waals surface area contributed by atoms with E-state index in [0.29, 0.717) is 23.9 Å². The highest BCUT2D eigenvalue weighted by Crippen LogP contribution is 2.20. The van der Waals surface area contributed by atoms with Gasteiger partial charge in [0.1, 0.15) is 12.4 Å². The zero-order valence-electron chi connectivity index (χ0n) is 11.8. The number of rotatable bonds is 5. The fourth-order valence-corrected chi connectivity index (χ4v) is 1.87. The molecule has 0 saturated heterocycles. The summed E-state index contributed by atoms with van der Waals surface area (Å²) in [5.41, 5.74) is 0.597. The van der Waals surface area contributed by atoms with Gasteiger partial charge in [-0.05, 0) is 24.3 Å². The Morgan fingerprint density at radius 3 is 2.52 bits per heavy atom. The van der Waals surface area contributed by atoms with E-state index in [2.05, 4.69) is 5.32 Å². The van der Waals surface area contributed by atoms with Gasteiger partial charge in [-0.2, -0.15) is 0 Å². The average molecular weight is 305 g/mol. The van der Waals surface area contributed by atoms with E-state index in [1.165, 1.54) is 0 Å². The van der Waals surface area contributed by atoms with E-state index in [4.69, 9.17) is 16.3 Å². The monoisotopic (exact) mass is 304 g/mol. The average Bonchev–Trinajstić information content (AvgIpc) is 2.50. The lowest BCUT2D eigenvalue weighted by Crippen LogP contribution is -2.34. The number of likely N-dealkylation sites (N-methyl/N-ethyl adjacent to an activating group) is 1. The molecule has 0 atom stereocenters. The van der Waals surface area contributed by atoms with Crippen LogP contribution in [0.15, 0.2) is 54.6 Å². The summed E-state index contributed by atoms with van der Waals surface area (Å²) in [6, 6.07) is 16.4. The topological polar surface area (TPSA) is 41.6 Å². The number of carbonyl (C=O) groups is 1. The van der Waals surface area contributed by atoms with E-state index >= 15 is 0 Å². The lowest BCUT2D eigenvalue weighted by molar-refractivity contribution is 0.207. The van der Waals surface area contributed by atoms with Gasteiger partial charge in [0.2, 0.25) is 0 Å². The standard InChI is InChI=1S/C16H17ClN2O2/c1-19(11-12-21-13-7-3-2-4-8-13)16(20)18-15-10-6-5-9-14(15)17/h2-10H,11-12H2,1H3,(H,18,20). The zero-order chi connectivity index (χ0) is 15.1.